The van der Waals surface area contributed by atoms with Gasteiger partial charge in [0.15, 0.2) is 0 Å². The fraction of sp³-hybridized carbons (Fsp3) is 0.400. The van der Waals surface area contributed by atoms with Gasteiger partial charge in [0.1, 0.15) is 5.56 Å². The highest BCUT2D eigenvalue weighted by atomic mass is 127. The third-order valence-electron chi connectivity index (χ3n) is 1.85. The summed E-state index contributed by atoms with van der Waals surface area (Å²) >= 11 is 1.75. The van der Waals surface area contributed by atoms with Gasteiger partial charge in [0.2, 0.25) is 5.88 Å². The molecule has 1 rings (SSSR count). The zero-order chi connectivity index (χ0) is 13.9. The molecule has 8 heteroatoms. The summed E-state index contributed by atoms with van der Waals surface area (Å²) in [6.07, 6.45) is -3.71. The predicted octanol–water partition coefficient (Wildman–Crippen LogP) is 3.07. The molecule has 1 aromatic heterocycles. The van der Waals surface area contributed by atoms with Crippen molar-refractivity contribution in [2.24, 2.45) is 0 Å². The van der Waals surface area contributed by atoms with Crippen molar-refractivity contribution in [3.05, 3.63) is 20.9 Å². The monoisotopic (exact) mass is 375 g/mol. The molecule has 0 atom stereocenters. The van der Waals surface area contributed by atoms with Crippen LogP contribution in [0, 0.1) is 10.5 Å². The molecule has 4 nitrogen and oxygen atoms in total. The summed E-state index contributed by atoms with van der Waals surface area (Å²) in [6, 6.07) is 0. The van der Waals surface area contributed by atoms with Crippen molar-refractivity contribution in [1.29, 1.82) is 0 Å². The van der Waals surface area contributed by atoms with Crippen molar-refractivity contribution in [2.45, 2.75) is 20.2 Å². The van der Waals surface area contributed by atoms with Crippen LogP contribution in [0.4, 0.5) is 13.2 Å². The first kappa shape index (κ1) is 15.0. The summed E-state index contributed by atoms with van der Waals surface area (Å²) in [7, 11) is 0. The van der Waals surface area contributed by atoms with Crippen LogP contribution in [0.5, 0.6) is 5.88 Å². The van der Waals surface area contributed by atoms with E-state index in [4.69, 9.17) is 0 Å². The lowest BCUT2D eigenvalue weighted by Crippen LogP contribution is -2.21. The summed E-state index contributed by atoms with van der Waals surface area (Å²) in [5.41, 5.74) is 0.253. The van der Waals surface area contributed by atoms with E-state index in [1.165, 1.54) is 6.20 Å². The maximum atomic E-state index is 12.2. The topological polar surface area (TPSA) is 48.4 Å². The van der Waals surface area contributed by atoms with E-state index in [9.17, 15) is 18.0 Å². The summed E-state index contributed by atoms with van der Waals surface area (Å²) < 4.78 is 45.3. The second kappa shape index (κ2) is 5.72. The first-order valence-corrected chi connectivity index (χ1v) is 5.92. The lowest BCUT2D eigenvalue weighted by molar-refractivity contribution is -0.276. The van der Waals surface area contributed by atoms with E-state index in [0.29, 0.717) is 9.13 Å². The molecular weight excluding hydrogens is 366 g/mol. The fourth-order valence-electron chi connectivity index (χ4n) is 1.13. The Kier molecular flexibility index (Phi) is 4.77. The highest BCUT2D eigenvalue weighted by Crippen LogP contribution is 2.29. The van der Waals surface area contributed by atoms with Crippen molar-refractivity contribution < 1.29 is 27.4 Å². The van der Waals surface area contributed by atoms with E-state index in [0.717, 1.165) is 0 Å². The van der Waals surface area contributed by atoms with Gasteiger partial charge < -0.3 is 9.47 Å². The maximum Gasteiger partial charge on any atom is 0.574 e. The Labute approximate surface area is 115 Å². The lowest BCUT2D eigenvalue weighted by atomic mass is 10.2. The van der Waals surface area contributed by atoms with Gasteiger partial charge in [0.25, 0.3) is 0 Å². The van der Waals surface area contributed by atoms with Crippen LogP contribution in [-0.2, 0) is 4.74 Å². The molecular formula is C10H9F3INO3. The first-order chi connectivity index (χ1) is 8.26. The number of halogens is 4. The van der Waals surface area contributed by atoms with Crippen LogP contribution in [-0.4, -0.2) is 23.9 Å². The molecule has 0 aliphatic carbocycles. The van der Waals surface area contributed by atoms with Crippen LogP contribution in [0.25, 0.3) is 0 Å². The lowest BCUT2D eigenvalue weighted by Gasteiger charge is -2.13. The van der Waals surface area contributed by atoms with E-state index in [-0.39, 0.29) is 12.2 Å². The van der Waals surface area contributed by atoms with Gasteiger partial charge in [-0.15, -0.1) is 13.2 Å². The molecule has 0 spiro atoms. The van der Waals surface area contributed by atoms with Gasteiger partial charge in [-0.3, -0.25) is 0 Å². The molecule has 0 N–H and O–H groups in total. The smallest absolute Gasteiger partial charge is 0.462 e. The van der Waals surface area contributed by atoms with E-state index in [1.54, 1.807) is 36.4 Å². The summed E-state index contributed by atoms with van der Waals surface area (Å²) in [5.74, 6) is -1.69. The summed E-state index contributed by atoms with van der Waals surface area (Å²) in [6.45, 7) is 3.22. The molecule has 1 aromatic rings. The normalized spacial score (nSPS) is 11.2. The number of hydrogen-bond donors (Lipinski definition) is 0. The van der Waals surface area contributed by atoms with Crippen molar-refractivity contribution in [3.63, 3.8) is 0 Å². The summed E-state index contributed by atoms with van der Waals surface area (Å²) in [5, 5.41) is 0. The molecule has 100 valence electrons. The van der Waals surface area contributed by atoms with Gasteiger partial charge >= 0.3 is 12.3 Å². The quantitative estimate of drug-likeness (QED) is 0.602. The van der Waals surface area contributed by atoms with Gasteiger partial charge in [0, 0.05) is 9.77 Å². The Bertz CT molecular complexity index is 462. The van der Waals surface area contributed by atoms with Gasteiger partial charge in [-0.2, -0.15) is 0 Å². The third-order valence-corrected chi connectivity index (χ3v) is 3.24. The van der Waals surface area contributed by atoms with E-state index >= 15 is 0 Å². The number of aromatic nitrogens is 1. The SMILES string of the molecule is CCOC(=O)c1c(OC(F)(F)F)ncc(C)c1I. The first-order valence-electron chi connectivity index (χ1n) is 4.84. The number of ether oxygens (including phenoxy) is 2. The molecule has 0 aliphatic heterocycles. The number of carbonyl (C=O) groups excluding carboxylic acids is 1. The average molecular weight is 375 g/mol. The zero-order valence-corrected chi connectivity index (χ0v) is 11.6. The molecule has 0 radical (unpaired) electrons. The molecule has 0 saturated heterocycles. The average Bonchev–Trinajstić information content (AvgIpc) is 2.22. The fourth-order valence-corrected chi connectivity index (χ4v) is 1.73. The molecule has 0 aliphatic rings. The van der Waals surface area contributed by atoms with E-state index in [1.807, 2.05) is 0 Å². The second-order valence-electron chi connectivity index (χ2n) is 3.20. The van der Waals surface area contributed by atoms with Gasteiger partial charge in [-0.25, -0.2) is 9.78 Å². The zero-order valence-electron chi connectivity index (χ0n) is 9.47. The highest BCUT2D eigenvalue weighted by Gasteiger charge is 2.35. The Morgan fingerprint density at radius 1 is 1.50 bits per heavy atom. The highest BCUT2D eigenvalue weighted by molar-refractivity contribution is 14.1. The number of alkyl halides is 3. The number of hydrogen-bond acceptors (Lipinski definition) is 4. The van der Waals surface area contributed by atoms with Gasteiger partial charge in [0.05, 0.1) is 6.61 Å². The minimum absolute atomic E-state index is 0.0499. The minimum atomic E-state index is -4.91. The standard InChI is InChI=1S/C10H9F3INO3/c1-3-17-9(16)6-7(14)5(2)4-15-8(6)18-10(11,12)13/h4H,3H2,1-2H3. The molecule has 0 bridgehead atoms. The number of aryl methyl sites for hydroxylation is 1. The number of carbonyl (C=O) groups is 1. The Hall–Kier alpha value is -1.06. The number of nitrogens with zero attached hydrogens (tertiary/aromatic N) is 1. The summed E-state index contributed by atoms with van der Waals surface area (Å²) in [4.78, 5) is 15.1. The van der Waals surface area contributed by atoms with Crippen LogP contribution < -0.4 is 4.74 Å². The van der Waals surface area contributed by atoms with Crippen molar-refractivity contribution in [3.8, 4) is 5.88 Å². The van der Waals surface area contributed by atoms with Crippen LogP contribution in [0.2, 0.25) is 0 Å². The molecule has 0 aromatic carbocycles. The number of pyridine rings is 1. The number of rotatable bonds is 3. The second-order valence-corrected chi connectivity index (χ2v) is 4.28. The Balaban J connectivity index is 3.25. The van der Waals surface area contributed by atoms with Crippen LogP contribution in [0.3, 0.4) is 0 Å². The van der Waals surface area contributed by atoms with Crippen LogP contribution in [0.15, 0.2) is 6.20 Å². The molecule has 0 saturated carbocycles. The van der Waals surface area contributed by atoms with Crippen molar-refractivity contribution >= 4 is 28.6 Å². The van der Waals surface area contributed by atoms with Crippen molar-refractivity contribution in [1.82, 2.24) is 4.98 Å². The van der Waals surface area contributed by atoms with Crippen LogP contribution in [0.1, 0.15) is 22.8 Å². The molecule has 0 unspecified atom stereocenters. The molecule has 0 amide bonds. The maximum absolute atomic E-state index is 12.2. The number of esters is 1. The Morgan fingerprint density at radius 2 is 2.11 bits per heavy atom. The minimum Gasteiger partial charge on any atom is -0.462 e. The predicted molar refractivity (Wildman–Crippen MR) is 64.3 cm³/mol. The Morgan fingerprint density at radius 3 is 2.61 bits per heavy atom. The molecule has 1 heterocycles. The van der Waals surface area contributed by atoms with Gasteiger partial charge in [-0.1, -0.05) is 0 Å². The van der Waals surface area contributed by atoms with E-state index in [2.05, 4.69) is 14.5 Å². The molecule has 0 fully saturated rings. The van der Waals surface area contributed by atoms with E-state index < -0.39 is 18.2 Å². The van der Waals surface area contributed by atoms with Gasteiger partial charge in [-0.05, 0) is 42.0 Å². The molecule has 18 heavy (non-hydrogen) atoms. The van der Waals surface area contributed by atoms with Crippen LogP contribution >= 0.6 is 22.6 Å². The largest absolute Gasteiger partial charge is 0.574 e. The third kappa shape index (κ3) is 3.72. The van der Waals surface area contributed by atoms with Crippen molar-refractivity contribution in [2.75, 3.05) is 6.61 Å².